The number of carbonyl (C=O) groups is 3. The third kappa shape index (κ3) is 8.22. The van der Waals surface area contributed by atoms with Crippen molar-refractivity contribution in [1.82, 2.24) is 24.8 Å². The van der Waals surface area contributed by atoms with Gasteiger partial charge in [-0.25, -0.2) is 31.5 Å². The monoisotopic (exact) mass is 708 g/mol. The molecule has 2 amide bonds. The molecule has 0 radical (unpaired) electrons. The van der Waals surface area contributed by atoms with E-state index in [1.807, 2.05) is 4.72 Å². The molecule has 4 aromatic rings. The minimum absolute atomic E-state index is 0.0413. The second-order valence-electron chi connectivity index (χ2n) is 12.7. The van der Waals surface area contributed by atoms with Gasteiger partial charge in [0.2, 0.25) is 0 Å². The van der Waals surface area contributed by atoms with Gasteiger partial charge in [0.15, 0.2) is 7.85 Å². The van der Waals surface area contributed by atoms with Gasteiger partial charge in [-0.2, -0.15) is 0 Å². The summed E-state index contributed by atoms with van der Waals surface area (Å²) in [6, 6.07) is 7.49. The van der Waals surface area contributed by atoms with E-state index in [0.29, 0.717) is 29.0 Å². The zero-order chi connectivity index (χ0) is 37.3. The van der Waals surface area contributed by atoms with Crippen molar-refractivity contribution in [2.45, 2.75) is 57.5 Å². The first-order valence-corrected chi connectivity index (χ1v) is 16.7. The third-order valence-corrected chi connectivity index (χ3v) is 9.16. The highest BCUT2D eigenvalue weighted by molar-refractivity contribution is 7.92. The summed E-state index contributed by atoms with van der Waals surface area (Å²) in [5, 5.41) is 5.09. The van der Waals surface area contributed by atoms with Crippen molar-refractivity contribution in [3.63, 3.8) is 0 Å². The lowest BCUT2D eigenvalue weighted by Crippen LogP contribution is -2.43. The standard InChI is InChI=1S/C33H35BF2N6O7S/c1-17-18(2)41(6)32(47)42(31(17)46)27-12-7-19(16-37-27)13-26(28(34)43)38-30(45)22-14-24(36)25(15-23(22)35)40-50(48,49)21-10-8-20(9-11-21)29(44)39-33(3,4)5/h7-12,14-16,26,40H,13,34H2,1-6H3,(H,38,45)(H,39,44)/t26-/m0/s1. The van der Waals surface area contributed by atoms with Crippen LogP contribution in [-0.4, -0.2) is 59.5 Å². The molecule has 0 unspecified atom stereocenters. The Bertz CT molecular complexity index is 2190. The molecule has 50 heavy (non-hydrogen) atoms. The van der Waals surface area contributed by atoms with Crippen molar-refractivity contribution >= 4 is 41.1 Å². The lowest BCUT2D eigenvalue weighted by atomic mass is 9.90. The number of aromatic nitrogens is 3. The maximum Gasteiger partial charge on any atom is 0.336 e. The Balaban J connectivity index is 1.49. The van der Waals surface area contributed by atoms with Crippen molar-refractivity contribution in [2.75, 3.05) is 4.72 Å². The van der Waals surface area contributed by atoms with Gasteiger partial charge in [0.05, 0.1) is 22.2 Å². The van der Waals surface area contributed by atoms with Gasteiger partial charge in [-0.1, -0.05) is 6.07 Å². The first-order chi connectivity index (χ1) is 23.2. The van der Waals surface area contributed by atoms with Gasteiger partial charge >= 0.3 is 5.69 Å². The van der Waals surface area contributed by atoms with Gasteiger partial charge in [0.25, 0.3) is 27.4 Å². The maximum absolute atomic E-state index is 15.1. The molecule has 17 heteroatoms. The van der Waals surface area contributed by atoms with Crippen LogP contribution in [-0.2, 0) is 28.3 Å². The molecule has 2 heterocycles. The number of rotatable bonds is 10. The largest absolute Gasteiger partial charge is 0.347 e. The number of pyridine rings is 1. The Labute approximate surface area is 287 Å². The van der Waals surface area contributed by atoms with Gasteiger partial charge in [-0.3, -0.25) is 19.1 Å². The molecule has 0 aliphatic rings. The van der Waals surface area contributed by atoms with Crippen LogP contribution in [0.4, 0.5) is 14.5 Å². The molecule has 0 saturated heterocycles. The molecule has 0 aliphatic carbocycles. The maximum atomic E-state index is 15.1. The molecule has 0 saturated carbocycles. The predicted molar refractivity (Wildman–Crippen MR) is 184 cm³/mol. The van der Waals surface area contributed by atoms with Crippen LogP contribution in [0.15, 0.2) is 69.2 Å². The summed E-state index contributed by atoms with van der Waals surface area (Å²) in [6.45, 7) is 8.56. The van der Waals surface area contributed by atoms with E-state index in [1.54, 1.807) is 34.6 Å². The summed E-state index contributed by atoms with van der Waals surface area (Å²) in [7, 11) is -1.73. The number of nitrogens with zero attached hydrogens (tertiary/aromatic N) is 3. The molecule has 0 fully saturated rings. The highest BCUT2D eigenvalue weighted by Gasteiger charge is 2.25. The molecule has 4 rings (SSSR count). The molecule has 1 atom stereocenters. The van der Waals surface area contributed by atoms with Gasteiger partial charge < -0.3 is 20.0 Å². The first kappa shape index (κ1) is 37.4. The minimum Gasteiger partial charge on any atom is -0.347 e. The topological polar surface area (TPSA) is 178 Å². The number of hydrogen-bond acceptors (Lipinski definition) is 8. The van der Waals surface area contributed by atoms with E-state index in [0.717, 1.165) is 16.7 Å². The Morgan fingerprint density at radius 1 is 0.960 bits per heavy atom. The summed E-state index contributed by atoms with van der Waals surface area (Å²) >= 11 is 0. The fraction of sp³-hybridized carbons (Fsp3) is 0.273. The smallest absolute Gasteiger partial charge is 0.336 e. The Morgan fingerprint density at radius 2 is 1.60 bits per heavy atom. The van der Waals surface area contributed by atoms with Crippen LogP contribution >= 0.6 is 0 Å². The zero-order valence-corrected chi connectivity index (χ0v) is 29.2. The molecule has 0 aliphatic heterocycles. The van der Waals surface area contributed by atoms with Crippen LogP contribution in [0.25, 0.3) is 5.82 Å². The second-order valence-corrected chi connectivity index (χ2v) is 14.4. The number of anilines is 1. The molecule has 262 valence electrons. The van der Waals surface area contributed by atoms with E-state index in [9.17, 15) is 32.4 Å². The van der Waals surface area contributed by atoms with Gasteiger partial charge in [-0.15, -0.1) is 0 Å². The molecule has 2 aromatic carbocycles. The molecule has 2 aromatic heterocycles. The lowest BCUT2D eigenvalue weighted by Gasteiger charge is -2.20. The van der Waals surface area contributed by atoms with Crippen molar-refractivity contribution in [2.24, 2.45) is 7.05 Å². The Morgan fingerprint density at radius 3 is 2.16 bits per heavy atom. The van der Waals surface area contributed by atoms with Crippen LogP contribution in [0, 0.1) is 25.5 Å². The van der Waals surface area contributed by atoms with Crippen LogP contribution in [0.3, 0.4) is 0 Å². The molecule has 0 spiro atoms. The Hall–Kier alpha value is -5.45. The summed E-state index contributed by atoms with van der Waals surface area (Å²) in [5.74, 6) is -4.08. The van der Waals surface area contributed by atoms with E-state index in [2.05, 4.69) is 15.6 Å². The normalized spacial score (nSPS) is 12.2. The zero-order valence-electron chi connectivity index (χ0n) is 28.3. The van der Waals surface area contributed by atoms with Crippen LogP contribution in [0.5, 0.6) is 0 Å². The fourth-order valence-corrected chi connectivity index (χ4v) is 5.85. The number of sulfonamides is 1. The molecule has 3 N–H and O–H groups in total. The van der Waals surface area contributed by atoms with Crippen molar-refractivity contribution in [3.8, 4) is 5.82 Å². The van der Waals surface area contributed by atoms with Gasteiger partial charge in [-0.05, 0) is 76.6 Å². The highest BCUT2D eigenvalue weighted by atomic mass is 32.2. The Kier molecular flexibility index (Phi) is 10.6. The quantitative estimate of drug-likeness (QED) is 0.208. The van der Waals surface area contributed by atoms with Crippen molar-refractivity contribution in [3.05, 3.63) is 115 Å². The van der Waals surface area contributed by atoms with Crippen molar-refractivity contribution < 1.29 is 31.6 Å². The lowest BCUT2D eigenvalue weighted by molar-refractivity contribution is -0.113. The SMILES string of the molecule is BC(=O)[C@H](Cc1ccc(-n2c(=O)c(C)c(C)n(C)c2=O)nc1)NC(=O)c1cc(F)c(NS(=O)(=O)c2ccc(C(=O)NC(C)(C)C)cc2)cc1F. The van der Waals surface area contributed by atoms with Crippen LogP contribution in [0.2, 0.25) is 0 Å². The van der Waals surface area contributed by atoms with E-state index >= 15 is 8.78 Å². The second kappa shape index (κ2) is 14.2. The number of carbonyl (C=O) groups excluding carboxylic acids is 3. The predicted octanol–water partition coefficient (Wildman–Crippen LogP) is 1.66. The van der Waals surface area contributed by atoms with Crippen LogP contribution < -0.4 is 26.6 Å². The summed E-state index contributed by atoms with van der Waals surface area (Å²) in [4.78, 5) is 67.1. The number of halogens is 2. The van der Waals surface area contributed by atoms with Gasteiger partial charge in [0.1, 0.15) is 23.1 Å². The third-order valence-electron chi connectivity index (χ3n) is 7.78. The number of nitrogens with one attached hydrogen (secondary N) is 3. The average molecular weight is 709 g/mol. The average Bonchev–Trinajstić information content (AvgIpc) is 3.04. The van der Waals surface area contributed by atoms with E-state index in [1.165, 1.54) is 49.9 Å². The van der Waals surface area contributed by atoms with Crippen LogP contribution in [0.1, 0.15) is 58.3 Å². The van der Waals surface area contributed by atoms with E-state index < -0.39 is 73.2 Å². The molecule has 13 nitrogen and oxygen atoms in total. The van der Waals surface area contributed by atoms with E-state index in [4.69, 9.17) is 0 Å². The molecule has 0 bridgehead atoms. The molecular weight excluding hydrogens is 673 g/mol. The first-order valence-electron chi connectivity index (χ1n) is 15.2. The number of amides is 2. The molecular formula is C33H35BF2N6O7S. The van der Waals surface area contributed by atoms with E-state index in [-0.39, 0.29) is 22.7 Å². The summed E-state index contributed by atoms with van der Waals surface area (Å²) in [6.07, 6.45) is 1.20. The minimum atomic E-state index is -4.44. The summed E-state index contributed by atoms with van der Waals surface area (Å²) < 4.78 is 60.2. The number of benzene rings is 2. The highest BCUT2D eigenvalue weighted by Crippen LogP contribution is 2.24. The van der Waals surface area contributed by atoms with Crippen molar-refractivity contribution in [1.29, 1.82) is 0 Å². The summed E-state index contributed by atoms with van der Waals surface area (Å²) in [5.41, 5.74) is -2.28. The van der Waals surface area contributed by atoms with Gasteiger partial charge in [0, 0.05) is 48.1 Å². The number of hydrogen-bond donors (Lipinski definition) is 3. The fourth-order valence-electron chi connectivity index (χ4n) is 4.80.